The summed E-state index contributed by atoms with van der Waals surface area (Å²) in [5.74, 6) is 1.62. The van der Waals surface area contributed by atoms with Crippen LogP contribution in [0.5, 0.6) is 5.75 Å². The second-order valence-corrected chi connectivity index (χ2v) is 13.6. The molecule has 0 aromatic heterocycles. The van der Waals surface area contributed by atoms with Gasteiger partial charge in [0.2, 0.25) is 0 Å². The minimum atomic E-state index is -4.63. The summed E-state index contributed by atoms with van der Waals surface area (Å²) >= 11 is -0.987. The van der Waals surface area contributed by atoms with Gasteiger partial charge >= 0.3 is 10.1 Å². The second-order valence-electron chi connectivity index (χ2n) is 10.4. The van der Waals surface area contributed by atoms with Crippen molar-refractivity contribution >= 4 is 35.9 Å². The fraction of sp³-hybridized carbons (Fsp3) is 0.769. The summed E-state index contributed by atoms with van der Waals surface area (Å²) in [5.41, 5.74) is -1.21. The maximum Gasteiger partial charge on any atom is 0.456 e. The van der Waals surface area contributed by atoms with Gasteiger partial charge in [-0.25, -0.2) is 0 Å². The van der Waals surface area contributed by atoms with Crippen molar-refractivity contribution < 1.29 is 26.1 Å². The number of alkyl halides is 5. The highest BCUT2D eigenvalue weighted by Crippen LogP contribution is 2.50. The molecule has 0 aliphatic heterocycles. The van der Waals surface area contributed by atoms with E-state index in [4.69, 9.17) is 4.18 Å². The van der Waals surface area contributed by atoms with Crippen LogP contribution in [0.2, 0.25) is 0 Å². The molecule has 0 saturated heterocycles. The van der Waals surface area contributed by atoms with Crippen molar-refractivity contribution in [1.82, 2.24) is 4.13 Å². The molecule has 1 aromatic rings. The van der Waals surface area contributed by atoms with E-state index in [0.717, 1.165) is 62.5 Å². The van der Waals surface area contributed by atoms with Gasteiger partial charge in [-0.2, -0.15) is 26.1 Å². The van der Waals surface area contributed by atoms with Crippen molar-refractivity contribution in [3.63, 3.8) is 0 Å². The first-order valence-corrected chi connectivity index (χ1v) is 15.7. The maximum atomic E-state index is 14.6. The van der Waals surface area contributed by atoms with Crippen molar-refractivity contribution in [2.45, 2.75) is 124 Å². The van der Waals surface area contributed by atoms with Crippen LogP contribution >= 0.6 is 35.9 Å². The first-order valence-electron chi connectivity index (χ1n) is 13.3. The molecule has 0 heterocycles. The minimum absolute atomic E-state index is 0.0334. The zero-order valence-corrected chi connectivity index (χ0v) is 23.0. The Labute approximate surface area is 224 Å². The van der Waals surface area contributed by atoms with Crippen LogP contribution in [0.15, 0.2) is 12.1 Å². The standard InChI is InChI=1S/C26H36F5NOS3/c27-25(28,29)34-32-35-26(30,31)36-33-24-22(19-12-6-2-7-13-19)16-21(18-10-4-1-5-11-18)17-23(24)20-14-8-3-9-15-20/h16-20,32H,1-15H2. The van der Waals surface area contributed by atoms with Crippen LogP contribution in [0.4, 0.5) is 22.0 Å². The molecule has 3 fully saturated rings. The van der Waals surface area contributed by atoms with Crippen LogP contribution in [0, 0.1) is 0 Å². The lowest BCUT2D eigenvalue weighted by atomic mass is 9.75. The molecular formula is C26H36F5NOS3. The van der Waals surface area contributed by atoms with Crippen molar-refractivity contribution in [3.8, 4) is 5.75 Å². The average Bonchev–Trinajstić information content (AvgIpc) is 2.88. The normalized spacial score (nSPS) is 21.6. The molecule has 0 spiro atoms. The predicted molar refractivity (Wildman–Crippen MR) is 141 cm³/mol. The lowest BCUT2D eigenvalue weighted by Crippen LogP contribution is -2.17. The van der Waals surface area contributed by atoms with Gasteiger partial charge in [-0.3, -0.25) is 0 Å². The van der Waals surface area contributed by atoms with Gasteiger partial charge in [-0.15, -0.1) is 0 Å². The number of hydrogen-bond donors (Lipinski definition) is 1. The maximum absolute atomic E-state index is 14.6. The summed E-state index contributed by atoms with van der Waals surface area (Å²) < 4.78 is 70.3. The molecule has 36 heavy (non-hydrogen) atoms. The van der Waals surface area contributed by atoms with Gasteiger partial charge in [0.05, 0.1) is 0 Å². The van der Waals surface area contributed by atoms with E-state index in [0.29, 0.717) is 11.7 Å². The van der Waals surface area contributed by atoms with Crippen molar-refractivity contribution in [2.24, 2.45) is 0 Å². The predicted octanol–water partition coefficient (Wildman–Crippen LogP) is 10.8. The number of nitrogens with one attached hydrogen (secondary N) is 1. The number of hydrogen-bond acceptors (Lipinski definition) is 5. The van der Waals surface area contributed by atoms with Crippen LogP contribution in [0.1, 0.15) is 131 Å². The number of halogens is 5. The third kappa shape index (κ3) is 8.34. The molecule has 0 atom stereocenters. The third-order valence-corrected chi connectivity index (χ3v) is 9.91. The van der Waals surface area contributed by atoms with Crippen molar-refractivity contribution in [2.75, 3.05) is 0 Å². The highest BCUT2D eigenvalue weighted by atomic mass is 32.2. The molecule has 4 rings (SSSR count). The topological polar surface area (TPSA) is 21.3 Å². The molecule has 2 nitrogen and oxygen atoms in total. The SMILES string of the molecule is FC(F)(F)SNSC(F)(F)SOc1c(C2CCCCC2)cc(C2CCCCC2)cc1C1CCCCC1. The molecule has 0 radical (unpaired) electrons. The monoisotopic (exact) mass is 569 g/mol. The molecule has 3 saturated carbocycles. The molecule has 0 bridgehead atoms. The smallest absolute Gasteiger partial charge is 0.418 e. The molecule has 3 aliphatic carbocycles. The van der Waals surface area contributed by atoms with E-state index in [-0.39, 0.29) is 35.8 Å². The van der Waals surface area contributed by atoms with Crippen LogP contribution in [-0.4, -0.2) is 10.1 Å². The van der Waals surface area contributed by atoms with Gasteiger partial charge in [-0.1, -0.05) is 69.9 Å². The highest BCUT2D eigenvalue weighted by Gasteiger charge is 2.38. The first kappa shape index (κ1) is 28.7. The molecular weight excluding hydrogens is 533 g/mol. The van der Waals surface area contributed by atoms with Crippen molar-refractivity contribution in [3.05, 3.63) is 28.8 Å². The van der Waals surface area contributed by atoms with Gasteiger partial charge < -0.3 is 4.18 Å². The van der Waals surface area contributed by atoms with Gasteiger partial charge in [0.25, 0.3) is 0 Å². The van der Waals surface area contributed by atoms with E-state index in [2.05, 4.69) is 12.1 Å². The average molecular weight is 570 g/mol. The van der Waals surface area contributed by atoms with E-state index in [9.17, 15) is 22.0 Å². The molecule has 0 unspecified atom stereocenters. The number of rotatable bonds is 9. The van der Waals surface area contributed by atoms with Crippen LogP contribution in [0.3, 0.4) is 0 Å². The Morgan fingerprint density at radius 3 is 1.53 bits per heavy atom. The number of benzene rings is 1. The van der Waals surface area contributed by atoms with Gasteiger partial charge in [-0.05, 0) is 73.0 Å². The fourth-order valence-corrected chi connectivity index (χ4v) is 7.97. The molecule has 1 aromatic carbocycles. The summed E-state index contributed by atoms with van der Waals surface area (Å²) in [5, 5.41) is 0. The van der Waals surface area contributed by atoms with E-state index >= 15 is 0 Å². The van der Waals surface area contributed by atoms with E-state index in [1.54, 1.807) is 4.13 Å². The lowest BCUT2D eigenvalue weighted by molar-refractivity contribution is -0.0331. The molecule has 10 heteroatoms. The Bertz CT molecular complexity index is 796. The van der Waals surface area contributed by atoms with Gasteiger partial charge in [0.1, 0.15) is 17.8 Å². The summed E-state index contributed by atoms with van der Waals surface area (Å²) in [7, 11) is 0. The molecule has 1 N–H and O–H groups in total. The Kier molecular flexibility index (Phi) is 10.5. The van der Waals surface area contributed by atoms with Crippen LogP contribution in [0.25, 0.3) is 0 Å². The van der Waals surface area contributed by atoms with Crippen LogP contribution < -0.4 is 8.31 Å². The Balaban J connectivity index is 1.63. The quantitative estimate of drug-likeness (QED) is 0.138. The lowest BCUT2D eigenvalue weighted by Gasteiger charge is -2.32. The Hall–Kier alpha value is -0.320. The van der Waals surface area contributed by atoms with E-state index < -0.39 is 22.0 Å². The first-order chi connectivity index (χ1) is 17.2. The molecule has 3 aliphatic rings. The van der Waals surface area contributed by atoms with Gasteiger partial charge in [0, 0.05) is 23.9 Å². The summed E-state index contributed by atoms with van der Waals surface area (Å²) in [4.78, 5) is 0. The Morgan fingerprint density at radius 2 is 1.08 bits per heavy atom. The molecule has 204 valence electrons. The molecule has 0 amide bonds. The minimum Gasteiger partial charge on any atom is -0.418 e. The van der Waals surface area contributed by atoms with Crippen LogP contribution in [-0.2, 0) is 0 Å². The van der Waals surface area contributed by atoms with Gasteiger partial charge in [0.15, 0.2) is 0 Å². The zero-order chi connectivity index (χ0) is 25.6. The highest BCUT2D eigenvalue weighted by molar-refractivity contribution is 8.20. The second kappa shape index (κ2) is 13.2. The summed E-state index contributed by atoms with van der Waals surface area (Å²) in [6.45, 7) is 0. The largest absolute Gasteiger partial charge is 0.456 e. The third-order valence-electron chi connectivity index (χ3n) is 7.88. The van der Waals surface area contributed by atoms with Crippen molar-refractivity contribution in [1.29, 1.82) is 0 Å². The van der Waals surface area contributed by atoms with E-state index in [1.807, 2.05) is 0 Å². The Morgan fingerprint density at radius 1 is 0.639 bits per heavy atom. The summed E-state index contributed by atoms with van der Waals surface area (Å²) in [6, 6.07) is 4.47. The summed E-state index contributed by atoms with van der Waals surface area (Å²) in [6.07, 6.45) is 17.0. The van der Waals surface area contributed by atoms with E-state index in [1.165, 1.54) is 50.5 Å². The zero-order valence-electron chi connectivity index (χ0n) is 20.5. The fourth-order valence-electron chi connectivity index (χ4n) is 6.12.